The van der Waals surface area contributed by atoms with Gasteiger partial charge in [-0.3, -0.25) is 9.59 Å². The Kier molecular flexibility index (Phi) is 4.98. The highest BCUT2D eigenvalue weighted by molar-refractivity contribution is 5.83. The van der Waals surface area contributed by atoms with E-state index in [4.69, 9.17) is 4.74 Å². The van der Waals surface area contributed by atoms with Gasteiger partial charge in [-0.25, -0.2) is 0 Å². The van der Waals surface area contributed by atoms with Crippen molar-refractivity contribution in [3.05, 3.63) is 29.3 Å². The lowest BCUT2D eigenvalue weighted by Gasteiger charge is -2.53. The second-order valence-corrected chi connectivity index (χ2v) is 10.3. The van der Waals surface area contributed by atoms with Crippen LogP contribution < -0.4 is 10.1 Å². The molecule has 0 radical (unpaired) electrons. The van der Waals surface area contributed by atoms with Crippen LogP contribution >= 0.6 is 0 Å². The van der Waals surface area contributed by atoms with Crippen molar-refractivity contribution in [2.24, 2.45) is 11.3 Å². The third-order valence-electron chi connectivity index (χ3n) is 8.35. The van der Waals surface area contributed by atoms with E-state index in [0.717, 1.165) is 63.6 Å². The van der Waals surface area contributed by atoms with Gasteiger partial charge >= 0.3 is 6.18 Å². The number of hydrogen-bond donors (Lipinski definition) is 1. The number of piperidine rings is 1. The Balaban J connectivity index is 1.15. The van der Waals surface area contributed by atoms with Crippen LogP contribution in [0.5, 0.6) is 5.75 Å². The normalized spacial score (nSPS) is 26.6. The molecule has 8 heteroatoms. The van der Waals surface area contributed by atoms with E-state index in [2.05, 4.69) is 5.32 Å². The molecule has 2 saturated heterocycles. The Bertz CT molecular complexity index is 923. The molecule has 0 atom stereocenters. The molecule has 0 unspecified atom stereocenters. The monoisotopic (exact) mass is 450 g/mol. The van der Waals surface area contributed by atoms with Gasteiger partial charge in [0.05, 0.1) is 12.7 Å². The quantitative estimate of drug-likeness (QED) is 0.749. The summed E-state index contributed by atoms with van der Waals surface area (Å²) in [4.78, 5) is 26.4. The van der Waals surface area contributed by atoms with Crippen molar-refractivity contribution >= 4 is 11.8 Å². The highest BCUT2D eigenvalue weighted by Crippen LogP contribution is 2.57. The maximum atomic E-state index is 13.3. The molecule has 174 valence electrons. The maximum absolute atomic E-state index is 13.3. The molecule has 32 heavy (non-hydrogen) atoms. The van der Waals surface area contributed by atoms with Crippen LogP contribution in [0.25, 0.3) is 0 Å². The molecular formula is C24H29F3N2O3. The van der Waals surface area contributed by atoms with Gasteiger partial charge in [0.25, 0.3) is 0 Å². The van der Waals surface area contributed by atoms with Gasteiger partial charge in [0.2, 0.25) is 11.8 Å². The van der Waals surface area contributed by atoms with Crippen molar-refractivity contribution in [2.45, 2.75) is 69.0 Å². The van der Waals surface area contributed by atoms with E-state index >= 15 is 0 Å². The van der Waals surface area contributed by atoms with Crippen molar-refractivity contribution in [2.75, 3.05) is 20.2 Å². The van der Waals surface area contributed by atoms with Gasteiger partial charge in [0, 0.05) is 31.0 Å². The lowest BCUT2D eigenvalue weighted by Crippen LogP contribution is -2.58. The van der Waals surface area contributed by atoms with Crippen LogP contribution in [-0.4, -0.2) is 42.5 Å². The molecule has 2 aliphatic heterocycles. The van der Waals surface area contributed by atoms with Crippen LogP contribution in [-0.2, 0) is 15.8 Å². The van der Waals surface area contributed by atoms with Gasteiger partial charge in [0.15, 0.2) is 0 Å². The highest BCUT2D eigenvalue weighted by Gasteiger charge is 2.53. The van der Waals surface area contributed by atoms with Crippen molar-refractivity contribution in [1.29, 1.82) is 0 Å². The number of alkyl halides is 3. The Labute approximate surface area is 185 Å². The van der Waals surface area contributed by atoms with Crippen molar-refractivity contribution in [1.82, 2.24) is 10.2 Å². The molecule has 0 aromatic heterocycles. The molecule has 1 aromatic rings. The summed E-state index contributed by atoms with van der Waals surface area (Å²) in [5.41, 5.74) is 0.0136. The number of methoxy groups -OCH3 is 1. The summed E-state index contributed by atoms with van der Waals surface area (Å²) in [6, 6.07) is 4.41. The van der Waals surface area contributed by atoms with Crippen LogP contribution in [0.3, 0.4) is 0 Å². The SMILES string of the molecule is COc1ccc(C2CC3(CCN(C(=O)[C@H]4C[C@]5(CCC(=O)N5)C4)CC3)C2)cc1C(F)(F)F. The number of nitrogens with zero attached hydrogens (tertiary/aromatic N) is 1. The second-order valence-electron chi connectivity index (χ2n) is 10.3. The van der Waals surface area contributed by atoms with E-state index in [-0.39, 0.29) is 40.4 Å². The predicted molar refractivity (Wildman–Crippen MR) is 111 cm³/mol. The van der Waals surface area contributed by atoms with E-state index in [9.17, 15) is 22.8 Å². The molecule has 2 aliphatic carbocycles. The number of likely N-dealkylation sites (tertiary alicyclic amines) is 1. The fraction of sp³-hybridized carbons (Fsp3) is 0.667. The van der Waals surface area contributed by atoms with Gasteiger partial charge < -0.3 is 15.0 Å². The number of halogens is 3. The Morgan fingerprint density at radius 1 is 1.12 bits per heavy atom. The van der Waals surface area contributed by atoms with Gasteiger partial charge in [0.1, 0.15) is 5.75 Å². The zero-order valence-electron chi connectivity index (χ0n) is 18.3. The summed E-state index contributed by atoms with van der Waals surface area (Å²) >= 11 is 0. The summed E-state index contributed by atoms with van der Waals surface area (Å²) in [5.74, 6) is 0.289. The van der Waals surface area contributed by atoms with Gasteiger partial charge in [-0.15, -0.1) is 0 Å². The molecule has 2 saturated carbocycles. The van der Waals surface area contributed by atoms with Crippen LogP contribution in [0, 0.1) is 11.3 Å². The number of rotatable bonds is 3. The van der Waals surface area contributed by atoms with Crippen LogP contribution in [0.15, 0.2) is 18.2 Å². The standard InChI is InChI=1S/C24H29F3N2O3/c1-32-19-3-2-15(10-18(19)24(25,26)27)16-11-22(12-16)6-8-29(9-7-22)21(31)17-13-23(14-17)5-4-20(30)28-23/h2-3,10,16-17H,4-9,11-14H2,1H3,(H,28,30)/t17-,23+. The maximum Gasteiger partial charge on any atom is 0.419 e. The molecule has 1 aromatic carbocycles. The van der Waals surface area contributed by atoms with Crippen LogP contribution in [0.4, 0.5) is 13.2 Å². The third kappa shape index (κ3) is 3.65. The molecule has 1 N–H and O–H groups in total. The van der Waals surface area contributed by atoms with Crippen molar-refractivity contribution in [3.8, 4) is 5.75 Å². The van der Waals surface area contributed by atoms with Gasteiger partial charge in [-0.1, -0.05) is 6.07 Å². The molecule has 2 amide bonds. The summed E-state index contributed by atoms with van der Waals surface area (Å²) in [6.45, 7) is 1.44. The van der Waals surface area contributed by atoms with E-state index < -0.39 is 11.7 Å². The van der Waals surface area contributed by atoms with Crippen molar-refractivity contribution < 1.29 is 27.5 Å². The molecular weight excluding hydrogens is 421 g/mol. The largest absolute Gasteiger partial charge is 0.496 e. The number of carbonyl (C=O) groups excluding carboxylic acids is 2. The second kappa shape index (κ2) is 7.39. The van der Waals surface area contributed by atoms with Crippen LogP contribution in [0.1, 0.15) is 68.4 Å². The van der Waals surface area contributed by atoms with E-state index in [0.29, 0.717) is 6.42 Å². The third-order valence-corrected chi connectivity index (χ3v) is 8.35. The first-order valence-electron chi connectivity index (χ1n) is 11.5. The highest BCUT2D eigenvalue weighted by atomic mass is 19.4. The van der Waals surface area contributed by atoms with E-state index in [1.807, 2.05) is 4.90 Å². The Hall–Kier alpha value is -2.25. The minimum absolute atomic E-state index is 0.0108. The lowest BCUT2D eigenvalue weighted by atomic mass is 9.56. The van der Waals surface area contributed by atoms with Crippen molar-refractivity contribution in [3.63, 3.8) is 0 Å². The average Bonchev–Trinajstić information content (AvgIpc) is 3.11. The summed E-state index contributed by atoms with van der Waals surface area (Å²) in [5, 5.41) is 3.04. The molecule has 5 nitrogen and oxygen atoms in total. The molecule has 0 bridgehead atoms. The molecule has 4 aliphatic rings. The summed E-state index contributed by atoms with van der Waals surface area (Å²) < 4.78 is 44.9. The molecule has 2 heterocycles. The fourth-order valence-corrected chi connectivity index (χ4v) is 6.43. The Morgan fingerprint density at radius 3 is 2.38 bits per heavy atom. The number of benzene rings is 1. The predicted octanol–water partition coefficient (Wildman–Crippen LogP) is 4.26. The summed E-state index contributed by atoms with van der Waals surface area (Å²) in [7, 11) is 1.25. The number of ether oxygens (including phenoxy) is 1. The van der Waals surface area contributed by atoms with Gasteiger partial charge in [-0.2, -0.15) is 13.2 Å². The van der Waals surface area contributed by atoms with Gasteiger partial charge in [-0.05, 0) is 74.0 Å². The first kappa shape index (κ1) is 21.6. The number of carbonyl (C=O) groups is 2. The average molecular weight is 451 g/mol. The van der Waals surface area contributed by atoms with E-state index in [1.54, 1.807) is 6.07 Å². The number of nitrogens with one attached hydrogen (secondary N) is 1. The van der Waals surface area contributed by atoms with E-state index in [1.165, 1.54) is 19.2 Å². The number of hydrogen-bond acceptors (Lipinski definition) is 3. The number of amides is 2. The molecule has 4 fully saturated rings. The first-order chi connectivity index (χ1) is 15.1. The minimum Gasteiger partial charge on any atom is -0.496 e. The fourth-order valence-electron chi connectivity index (χ4n) is 6.43. The first-order valence-corrected chi connectivity index (χ1v) is 11.5. The molecule has 5 rings (SSSR count). The summed E-state index contributed by atoms with van der Waals surface area (Å²) in [6.07, 6.45) is 2.03. The minimum atomic E-state index is -4.43. The Morgan fingerprint density at radius 2 is 1.81 bits per heavy atom. The topological polar surface area (TPSA) is 58.6 Å². The zero-order valence-corrected chi connectivity index (χ0v) is 18.3. The molecule has 2 spiro atoms. The smallest absolute Gasteiger partial charge is 0.419 e. The zero-order chi connectivity index (χ0) is 22.7. The van der Waals surface area contributed by atoms with Crippen LogP contribution in [0.2, 0.25) is 0 Å². The lowest BCUT2D eigenvalue weighted by molar-refractivity contribution is -0.145.